The molecule has 11 atom stereocenters. The molecule has 3 saturated heterocycles. The number of aliphatic hydroxyl groups excluding tert-OH is 2. The Balaban J connectivity index is 1.03. The minimum Gasteiger partial charge on any atom is -0.396 e. The van der Waals surface area contributed by atoms with Crippen molar-refractivity contribution in [2.75, 3.05) is 43.5 Å². The quantitative estimate of drug-likeness (QED) is 0.383. The molecule has 6 aliphatic heterocycles. The SMILES string of the molecule is C/C=C1/CN2CCC34c5cc([C@H](C)C6=CN7CCC89c%10ccccc%10N[C@H]8[C@@H](CO)[C@H]6C[C@H]79)ccc5N[C@H]3[C@H](CO)[C@H]1C[C@H]24. The van der Waals surface area contributed by atoms with Crippen molar-refractivity contribution in [1.82, 2.24) is 9.80 Å². The molecule has 2 aromatic carbocycles. The van der Waals surface area contributed by atoms with Crippen LogP contribution in [-0.4, -0.2) is 77.0 Å². The Hall–Kier alpha value is -2.80. The van der Waals surface area contributed by atoms with Gasteiger partial charge < -0.3 is 25.7 Å². The maximum absolute atomic E-state index is 11.0. The zero-order valence-electron chi connectivity index (χ0n) is 26.0. The third kappa shape index (κ3) is 2.95. The highest BCUT2D eigenvalue weighted by Crippen LogP contribution is 2.64. The van der Waals surface area contributed by atoms with Crippen LogP contribution in [0.4, 0.5) is 11.4 Å². The van der Waals surface area contributed by atoms with Gasteiger partial charge in [0.25, 0.3) is 0 Å². The van der Waals surface area contributed by atoms with Crippen LogP contribution in [0.2, 0.25) is 0 Å². The van der Waals surface area contributed by atoms with Gasteiger partial charge in [-0.3, -0.25) is 4.90 Å². The monoisotopic (exact) mass is 590 g/mol. The molecule has 6 heteroatoms. The second-order valence-corrected chi connectivity index (χ2v) is 15.5. The summed E-state index contributed by atoms with van der Waals surface area (Å²) in [6.45, 7) is 8.38. The fourth-order valence-corrected chi connectivity index (χ4v) is 12.7. The Kier molecular flexibility index (Phi) is 5.36. The van der Waals surface area contributed by atoms with Crippen LogP contribution in [0, 0.1) is 23.7 Å². The van der Waals surface area contributed by atoms with Crippen LogP contribution in [0.25, 0.3) is 0 Å². The minimum absolute atomic E-state index is 0.0762. The van der Waals surface area contributed by atoms with E-state index in [0.29, 0.717) is 23.9 Å². The highest BCUT2D eigenvalue weighted by Gasteiger charge is 2.66. The molecule has 44 heavy (non-hydrogen) atoms. The van der Waals surface area contributed by atoms with E-state index in [2.05, 4.69) is 89.0 Å². The number of benzene rings is 2. The molecule has 5 fully saturated rings. The molecule has 2 unspecified atom stereocenters. The van der Waals surface area contributed by atoms with Gasteiger partial charge in [-0.05, 0) is 91.6 Å². The number of aliphatic hydroxyl groups is 2. The van der Waals surface area contributed by atoms with E-state index in [9.17, 15) is 10.2 Å². The Labute approximate surface area is 261 Å². The molecule has 2 aromatic rings. The predicted molar refractivity (Wildman–Crippen MR) is 174 cm³/mol. The van der Waals surface area contributed by atoms with Crippen LogP contribution in [-0.2, 0) is 10.8 Å². The second-order valence-electron chi connectivity index (χ2n) is 15.5. The molecule has 0 radical (unpaired) electrons. The molecular formula is C38H46N4O2. The van der Waals surface area contributed by atoms with E-state index < -0.39 is 0 Å². The second kappa shape index (κ2) is 8.92. The van der Waals surface area contributed by atoms with Crippen molar-refractivity contribution in [2.45, 2.75) is 80.4 Å². The van der Waals surface area contributed by atoms with Crippen molar-refractivity contribution in [2.24, 2.45) is 23.7 Å². The highest BCUT2D eigenvalue weighted by molar-refractivity contribution is 5.67. The fraction of sp³-hybridized carbons (Fsp3) is 0.579. The Morgan fingerprint density at radius 1 is 0.886 bits per heavy atom. The lowest BCUT2D eigenvalue weighted by Crippen LogP contribution is -2.62. The van der Waals surface area contributed by atoms with Gasteiger partial charge in [-0.25, -0.2) is 0 Å². The topological polar surface area (TPSA) is 71.0 Å². The molecule has 0 amide bonds. The first kappa shape index (κ1) is 26.4. The lowest BCUT2D eigenvalue weighted by atomic mass is 9.55. The van der Waals surface area contributed by atoms with Gasteiger partial charge in [-0.2, -0.15) is 0 Å². The number of anilines is 2. The molecule has 230 valence electrons. The third-order valence-corrected chi connectivity index (χ3v) is 14.6. The Morgan fingerprint density at radius 2 is 1.59 bits per heavy atom. The zero-order chi connectivity index (χ0) is 29.5. The summed E-state index contributed by atoms with van der Waals surface area (Å²) >= 11 is 0. The molecule has 4 bridgehead atoms. The van der Waals surface area contributed by atoms with Gasteiger partial charge in [0.05, 0.1) is 0 Å². The molecule has 2 saturated carbocycles. The van der Waals surface area contributed by atoms with Gasteiger partial charge in [0, 0.05) is 90.4 Å². The van der Waals surface area contributed by atoms with Gasteiger partial charge in [0.1, 0.15) is 0 Å². The van der Waals surface area contributed by atoms with Crippen LogP contribution >= 0.6 is 0 Å². The number of fused-ring (bicyclic) bond motifs is 4. The summed E-state index contributed by atoms with van der Waals surface area (Å²) in [5.74, 6) is 1.61. The van der Waals surface area contributed by atoms with E-state index >= 15 is 0 Å². The molecule has 4 N–H and O–H groups in total. The Bertz CT molecular complexity index is 1620. The van der Waals surface area contributed by atoms with Crippen LogP contribution in [0.1, 0.15) is 62.1 Å². The van der Waals surface area contributed by atoms with E-state index in [-0.39, 0.29) is 53.9 Å². The van der Waals surface area contributed by atoms with Crippen LogP contribution in [0.15, 0.2) is 65.9 Å². The number of nitrogens with one attached hydrogen (secondary N) is 2. The van der Waals surface area contributed by atoms with Crippen molar-refractivity contribution >= 4 is 11.4 Å². The van der Waals surface area contributed by atoms with Crippen molar-refractivity contribution in [1.29, 1.82) is 0 Å². The number of hydrogen-bond acceptors (Lipinski definition) is 6. The van der Waals surface area contributed by atoms with Crippen molar-refractivity contribution in [3.8, 4) is 0 Å². The van der Waals surface area contributed by atoms with Gasteiger partial charge in [0.15, 0.2) is 0 Å². The fourth-order valence-electron chi connectivity index (χ4n) is 12.7. The van der Waals surface area contributed by atoms with E-state index in [1.165, 1.54) is 52.1 Å². The first-order chi connectivity index (χ1) is 21.5. The Morgan fingerprint density at radius 3 is 2.39 bits per heavy atom. The van der Waals surface area contributed by atoms with Gasteiger partial charge in [-0.1, -0.05) is 48.9 Å². The number of hydrogen-bond donors (Lipinski definition) is 4. The largest absolute Gasteiger partial charge is 0.396 e. The number of piperidine rings is 1. The summed E-state index contributed by atoms with van der Waals surface area (Å²) in [5.41, 5.74) is 10.2. The lowest BCUT2D eigenvalue weighted by Gasteiger charge is -2.55. The molecule has 2 aliphatic carbocycles. The van der Waals surface area contributed by atoms with Gasteiger partial charge >= 0.3 is 0 Å². The summed E-state index contributed by atoms with van der Waals surface area (Å²) in [6, 6.07) is 17.9. The molecule has 6 nitrogen and oxygen atoms in total. The minimum atomic E-state index is 0.0762. The van der Waals surface area contributed by atoms with Crippen molar-refractivity contribution < 1.29 is 10.2 Å². The lowest BCUT2D eigenvalue weighted by molar-refractivity contribution is 0.0298. The maximum atomic E-state index is 11.0. The molecular weight excluding hydrogens is 544 g/mol. The average molecular weight is 591 g/mol. The molecule has 8 aliphatic rings. The van der Waals surface area contributed by atoms with E-state index in [1.807, 2.05) is 0 Å². The molecule has 2 spiro atoms. The van der Waals surface area contributed by atoms with E-state index in [4.69, 9.17) is 0 Å². The highest BCUT2D eigenvalue weighted by atomic mass is 16.3. The normalized spacial score (nSPS) is 43.5. The van der Waals surface area contributed by atoms with E-state index in [1.54, 1.807) is 0 Å². The van der Waals surface area contributed by atoms with Crippen LogP contribution in [0.5, 0.6) is 0 Å². The number of nitrogens with zero attached hydrogens (tertiary/aromatic N) is 2. The summed E-state index contributed by atoms with van der Waals surface area (Å²) < 4.78 is 0. The van der Waals surface area contributed by atoms with Gasteiger partial charge in [0.2, 0.25) is 0 Å². The van der Waals surface area contributed by atoms with Crippen LogP contribution < -0.4 is 10.6 Å². The summed E-state index contributed by atoms with van der Waals surface area (Å²) in [5, 5.41) is 29.7. The third-order valence-electron chi connectivity index (χ3n) is 14.6. The molecule has 6 heterocycles. The first-order valence-corrected chi connectivity index (χ1v) is 17.4. The number of allylic oxidation sites excluding steroid dienone is 2. The summed E-state index contributed by atoms with van der Waals surface area (Å²) in [7, 11) is 0. The van der Waals surface area contributed by atoms with Gasteiger partial charge in [-0.15, -0.1) is 0 Å². The first-order valence-electron chi connectivity index (χ1n) is 17.4. The van der Waals surface area contributed by atoms with E-state index in [0.717, 1.165) is 32.5 Å². The summed E-state index contributed by atoms with van der Waals surface area (Å²) in [4.78, 5) is 5.43. The number of para-hydroxylation sites is 1. The van der Waals surface area contributed by atoms with Crippen molar-refractivity contribution in [3.63, 3.8) is 0 Å². The zero-order valence-corrected chi connectivity index (χ0v) is 26.0. The number of rotatable bonds is 4. The average Bonchev–Trinajstić information content (AvgIpc) is 3.82. The smallest absolute Gasteiger partial charge is 0.0484 e. The summed E-state index contributed by atoms with van der Waals surface area (Å²) in [6.07, 6.45) is 9.49. The standard InChI is InChI=1S/C38H46N4O2/c1-3-22-17-41-12-11-38-30-14-23(8-9-32(30)40-35(38)27(19-43)24(22)15-33(38)41)21(2)26-18-42-13-10-37-29-6-4-5-7-31(29)39-36(37)28(20-44)25(26)16-34(37)42/h3-9,14,18,21,24-25,27-28,33-36,39-40,43-44H,10-13,15-17,19-20H2,1-2H3/b22-3-/t21-,24-,25-,27+,28-,33-,34-,35-,36-,37?,38?/m0/s1. The predicted octanol–water partition coefficient (Wildman–Crippen LogP) is 4.82. The van der Waals surface area contributed by atoms with Crippen molar-refractivity contribution in [3.05, 3.63) is 82.6 Å². The van der Waals surface area contributed by atoms with Crippen LogP contribution in [0.3, 0.4) is 0 Å². The molecule has 10 rings (SSSR count). The molecule has 0 aromatic heterocycles. The maximum Gasteiger partial charge on any atom is 0.0484 e.